The average molecular weight is 82.1 g/mol. The van der Waals surface area contributed by atoms with E-state index < -0.39 is 0 Å². The molecular formula is C6H10. The van der Waals surface area contributed by atoms with Crippen LogP contribution in [0.2, 0.25) is 0 Å². The second-order valence-electron chi connectivity index (χ2n) is 1.84. The molecule has 0 nitrogen and oxygen atoms in total. The first kappa shape index (κ1) is 5.74. The molecule has 0 aromatic heterocycles. The van der Waals surface area contributed by atoms with Crippen molar-refractivity contribution in [1.82, 2.24) is 0 Å². The zero-order chi connectivity index (χ0) is 5.15. The third-order valence-corrected chi connectivity index (χ3v) is 0.866. The van der Waals surface area contributed by atoms with Gasteiger partial charge in [0, 0.05) is 0 Å². The molecule has 0 aliphatic heterocycles. The van der Waals surface area contributed by atoms with Crippen LogP contribution in [0.25, 0.3) is 0 Å². The van der Waals surface area contributed by atoms with Gasteiger partial charge >= 0.3 is 0 Å². The molecule has 0 aliphatic carbocycles. The smallest absolute Gasteiger partial charge is 0.0108 e. The van der Waals surface area contributed by atoms with Crippen molar-refractivity contribution >= 4 is 0 Å². The zero-order valence-electron chi connectivity index (χ0n) is 4.58. The van der Waals surface area contributed by atoms with Crippen molar-refractivity contribution in [3.05, 3.63) is 12.2 Å². The van der Waals surface area contributed by atoms with Crippen LogP contribution in [-0.2, 0) is 0 Å². The maximum atomic E-state index is 6.95. The average Bonchev–Trinajstić information content (AvgIpc) is 1.36. The van der Waals surface area contributed by atoms with Gasteiger partial charge in [-0.15, -0.1) is 0 Å². The summed E-state index contributed by atoms with van der Waals surface area (Å²) in [5.74, 6) is 0.435. The topological polar surface area (TPSA) is 0 Å². The summed E-state index contributed by atoms with van der Waals surface area (Å²) in [4.78, 5) is 0. The fraction of sp³-hybridized carbons (Fsp3) is 0.667. The highest BCUT2D eigenvalue weighted by Crippen LogP contribution is 2.01. The van der Waals surface area contributed by atoms with Crippen LogP contribution in [0, 0.1) is 12.5 Å². The Morgan fingerprint density at radius 3 is 1.67 bits per heavy atom. The van der Waals surface area contributed by atoms with Crippen LogP contribution in [0.3, 0.4) is 0 Å². The molecule has 0 bridgehead atoms. The summed E-state index contributed by atoms with van der Waals surface area (Å²) in [6.45, 7) is 12.8. The van der Waals surface area contributed by atoms with E-state index in [4.69, 9.17) is 6.58 Å². The maximum absolute atomic E-state index is 6.95. The minimum absolute atomic E-state index is 0.435. The fourth-order valence-corrected chi connectivity index (χ4v) is 0. The van der Waals surface area contributed by atoms with Crippen LogP contribution < -0.4 is 0 Å². The lowest BCUT2D eigenvalue weighted by molar-refractivity contribution is 0.771. The first-order valence-corrected chi connectivity index (χ1v) is 2.19. The number of rotatable bonds is 1. The van der Waals surface area contributed by atoms with Gasteiger partial charge in [-0.05, 0) is 19.4 Å². The second-order valence-corrected chi connectivity index (χ2v) is 1.84. The lowest BCUT2D eigenvalue weighted by Gasteiger charge is -1.96. The summed E-state index contributed by atoms with van der Waals surface area (Å²) in [6.07, 6.45) is 0. The van der Waals surface area contributed by atoms with E-state index in [1.54, 1.807) is 0 Å². The van der Waals surface area contributed by atoms with E-state index in [2.05, 4.69) is 0 Å². The highest BCUT2D eigenvalue weighted by atomic mass is 13.9. The van der Waals surface area contributed by atoms with Crippen LogP contribution in [0.15, 0.2) is 5.57 Å². The Hall–Kier alpha value is -0.260. The Bertz CT molecular complexity index is 51.1. The summed E-state index contributed by atoms with van der Waals surface area (Å²) in [6, 6.07) is 0. The van der Waals surface area contributed by atoms with Gasteiger partial charge in [0.2, 0.25) is 0 Å². The van der Waals surface area contributed by atoms with Crippen molar-refractivity contribution in [2.24, 2.45) is 5.92 Å². The first-order valence-electron chi connectivity index (χ1n) is 2.19. The molecule has 0 aliphatic rings. The van der Waals surface area contributed by atoms with E-state index in [9.17, 15) is 0 Å². The van der Waals surface area contributed by atoms with Gasteiger partial charge < -0.3 is 0 Å². The van der Waals surface area contributed by atoms with Gasteiger partial charge in [0.25, 0.3) is 0 Å². The molecular weight excluding hydrogens is 72.1 g/mol. The molecule has 6 heavy (non-hydrogen) atoms. The van der Waals surface area contributed by atoms with Crippen LogP contribution in [0.4, 0.5) is 0 Å². The van der Waals surface area contributed by atoms with Crippen LogP contribution in [0.1, 0.15) is 20.8 Å². The van der Waals surface area contributed by atoms with Crippen LogP contribution in [0.5, 0.6) is 0 Å². The molecule has 0 spiro atoms. The van der Waals surface area contributed by atoms with Gasteiger partial charge in [0.1, 0.15) is 0 Å². The lowest BCUT2D eigenvalue weighted by Crippen LogP contribution is -1.83. The van der Waals surface area contributed by atoms with Gasteiger partial charge in [-0.2, -0.15) is 0 Å². The van der Waals surface area contributed by atoms with Crippen LogP contribution >= 0.6 is 0 Å². The van der Waals surface area contributed by atoms with E-state index in [-0.39, 0.29) is 0 Å². The molecule has 0 atom stereocenters. The quantitative estimate of drug-likeness (QED) is 0.453. The van der Waals surface area contributed by atoms with Gasteiger partial charge in [-0.3, -0.25) is 0 Å². The lowest BCUT2D eigenvalue weighted by atomic mass is 10.1. The Labute approximate surface area is 39.9 Å². The van der Waals surface area contributed by atoms with Crippen molar-refractivity contribution in [3.8, 4) is 0 Å². The first-order chi connectivity index (χ1) is 2.64. The molecule has 0 unspecified atom stereocenters. The van der Waals surface area contributed by atoms with Crippen molar-refractivity contribution in [1.29, 1.82) is 0 Å². The maximum Gasteiger partial charge on any atom is -0.0108 e. The number of hydrogen-bond donors (Lipinski definition) is 0. The summed E-state index contributed by atoms with van der Waals surface area (Å²) in [7, 11) is 0. The molecule has 34 valence electrons. The minimum atomic E-state index is 0.435. The van der Waals surface area contributed by atoms with E-state index in [1.165, 1.54) is 0 Å². The van der Waals surface area contributed by atoms with E-state index in [0.717, 1.165) is 5.57 Å². The van der Waals surface area contributed by atoms with E-state index in [0.29, 0.717) is 5.92 Å². The molecule has 0 fully saturated rings. The standard InChI is InChI=1S/C6H10/c1-5(2)6(3)4/h5H,1-3H3. The third-order valence-electron chi connectivity index (χ3n) is 0.866. The summed E-state index contributed by atoms with van der Waals surface area (Å²) < 4.78 is 0. The molecule has 2 radical (unpaired) electrons. The largest absolute Gasteiger partial charge is 0.0623 e. The van der Waals surface area contributed by atoms with Gasteiger partial charge in [-0.25, -0.2) is 0 Å². The van der Waals surface area contributed by atoms with Gasteiger partial charge in [0.15, 0.2) is 0 Å². The molecule has 0 saturated carbocycles. The van der Waals surface area contributed by atoms with Gasteiger partial charge in [-0.1, -0.05) is 19.4 Å². The monoisotopic (exact) mass is 82.1 g/mol. The van der Waals surface area contributed by atoms with Crippen molar-refractivity contribution in [2.75, 3.05) is 0 Å². The van der Waals surface area contributed by atoms with Crippen molar-refractivity contribution in [2.45, 2.75) is 20.8 Å². The summed E-state index contributed by atoms with van der Waals surface area (Å²) in [5, 5.41) is 0. The Morgan fingerprint density at radius 2 is 1.67 bits per heavy atom. The van der Waals surface area contributed by atoms with Gasteiger partial charge in [0.05, 0.1) is 0 Å². The number of allylic oxidation sites excluding steroid dienone is 1. The molecule has 0 aromatic carbocycles. The molecule has 0 N–H and O–H groups in total. The Kier molecular flexibility index (Phi) is 1.93. The van der Waals surface area contributed by atoms with Crippen molar-refractivity contribution < 1.29 is 0 Å². The Balaban J connectivity index is 3.26. The van der Waals surface area contributed by atoms with Crippen molar-refractivity contribution in [3.63, 3.8) is 0 Å². The zero-order valence-corrected chi connectivity index (χ0v) is 4.58. The Morgan fingerprint density at radius 1 is 1.50 bits per heavy atom. The molecule has 0 saturated heterocycles. The predicted octanol–water partition coefficient (Wildman–Crippen LogP) is 1.90. The molecule has 0 heteroatoms. The molecule has 0 amide bonds. The highest BCUT2D eigenvalue weighted by Gasteiger charge is 1.88. The summed E-state index contributed by atoms with van der Waals surface area (Å²) >= 11 is 0. The fourth-order valence-electron chi connectivity index (χ4n) is 0. The molecule has 0 rings (SSSR count). The van der Waals surface area contributed by atoms with E-state index >= 15 is 0 Å². The second kappa shape index (κ2) is 2.01. The SMILES string of the molecule is [C]=C(C)C(C)C. The predicted molar refractivity (Wildman–Crippen MR) is 27.3 cm³/mol. The van der Waals surface area contributed by atoms with E-state index in [1.807, 2.05) is 20.8 Å². The highest BCUT2D eigenvalue weighted by molar-refractivity contribution is 4.87. The molecule has 0 heterocycles. The molecule has 0 aromatic rings. The third kappa shape index (κ3) is 2.01. The summed E-state index contributed by atoms with van der Waals surface area (Å²) in [5.41, 5.74) is 0.759. The normalized spacial score (nSPS) is 9.33. The number of hydrogen-bond acceptors (Lipinski definition) is 0. The van der Waals surface area contributed by atoms with Crippen LogP contribution in [-0.4, -0.2) is 0 Å². The minimum Gasteiger partial charge on any atom is -0.0623 e.